The molecule has 1 heterocycles. The Labute approximate surface area is 95.9 Å². The van der Waals surface area contributed by atoms with Gasteiger partial charge in [-0.3, -0.25) is 0 Å². The Balaban J connectivity index is 2.30. The quantitative estimate of drug-likeness (QED) is 0.780. The zero-order chi connectivity index (χ0) is 11.4. The minimum atomic E-state index is 0.762. The molecule has 82 valence electrons. The highest BCUT2D eigenvalue weighted by atomic mass is 31.0. The Kier molecular flexibility index (Phi) is 3.27. The molecule has 0 aromatic carbocycles. The van der Waals surface area contributed by atoms with Gasteiger partial charge in [0.25, 0.3) is 0 Å². The van der Waals surface area contributed by atoms with Crippen molar-refractivity contribution >= 4 is 15.1 Å². The van der Waals surface area contributed by atoms with Gasteiger partial charge >= 0.3 is 0 Å². The van der Waals surface area contributed by atoms with Crippen LogP contribution in [0.1, 0.15) is 5.82 Å². The predicted octanol–water partition coefficient (Wildman–Crippen LogP) is 1.21. The lowest BCUT2D eigenvalue weighted by Gasteiger charge is -2.04. The topological polar surface area (TPSA) is 55.6 Å². The van der Waals surface area contributed by atoms with E-state index in [1.165, 1.54) is 0 Å². The van der Waals surface area contributed by atoms with Gasteiger partial charge in [0, 0.05) is 5.70 Å². The molecular formula is C10H12N5P. The number of nitrogens with one attached hydrogen (secondary N) is 1. The zero-order valence-corrected chi connectivity index (χ0v) is 9.99. The zero-order valence-electron chi connectivity index (χ0n) is 8.83. The third-order valence-electron chi connectivity index (χ3n) is 2.12. The standard InChI is InChI=1S/C10H12N5P/c1-8-11-13-14-15(8)10-6-2-4-9(12-16)5-3-7-10/h2-7,12H,16H2,1H3/b4-2-,5-3?,6-2?,7-3-,9-4?,9-5+,10-6+,10-7?. The Morgan fingerprint density at radius 1 is 1.25 bits per heavy atom. The smallest absolute Gasteiger partial charge is 0.153 e. The first kappa shape index (κ1) is 10.8. The summed E-state index contributed by atoms with van der Waals surface area (Å²) in [6.45, 7) is 1.86. The van der Waals surface area contributed by atoms with E-state index in [-0.39, 0.29) is 0 Å². The van der Waals surface area contributed by atoms with Crippen LogP contribution in [-0.2, 0) is 0 Å². The van der Waals surface area contributed by atoms with Crippen molar-refractivity contribution in [1.82, 2.24) is 25.3 Å². The maximum absolute atomic E-state index is 3.91. The summed E-state index contributed by atoms with van der Waals surface area (Å²) >= 11 is 0. The first-order valence-corrected chi connectivity index (χ1v) is 5.37. The van der Waals surface area contributed by atoms with Gasteiger partial charge in [-0.15, -0.1) is 5.10 Å². The number of tetrazole rings is 1. The van der Waals surface area contributed by atoms with Gasteiger partial charge in [0.15, 0.2) is 5.82 Å². The monoisotopic (exact) mass is 233 g/mol. The van der Waals surface area contributed by atoms with E-state index in [9.17, 15) is 0 Å². The molecular weight excluding hydrogens is 221 g/mol. The average molecular weight is 233 g/mol. The first-order chi connectivity index (χ1) is 7.81. The number of hydrogen-bond acceptors (Lipinski definition) is 4. The first-order valence-electron chi connectivity index (χ1n) is 4.80. The number of aryl methyl sites for hydroxylation is 1. The molecule has 1 aliphatic rings. The minimum absolute atomic E-state index is 0.762. The van der Waals surface area contributed by atoms with Crippen LogP contribution in [0.2, 0.25) is 0 Å². The molecule has 16 heavy (non-hydrogen) atoms. The Hall–Kier alpha value is -1.74. The van der Waals surface area contributed by atoms with E-state index in [1.807, 2.05) is 43.4 Å². The molecule has 0 fully saturated rings. The van der Waals surface area contributed by atoms with Gasteiger partial charge < -0.3 is 5.09 Å². The molecule has 0 saturated carbocycles. The van der Waals surface area contributed by atoms with Crippen LogP contribution in [0.25, 0.3) is 5.70 Å². The molecule has 1 aromatic heterocycles. The molecule has 6 heteroatoms. The van der Waals surface area contributed by atoms with Crippen LogP contribution < -0.4 is 5.09 Å². The van der Waals surface area contributed by atoms with Crippen LogP contribution in [0.15, 0.2) is 42.2 Å². The molecule has 1 aromatic rings. The Morgan fingerprint density at radius 3 is 2.75 bits per heavy atom. The van der Waals surface area contributed by atoms with Gasteiger partial charge in [-0.2, -0.15) is 4.68 Å². The van der Waals surface area contributed by atoms with E-state index < -0.39 is 0 Å². The highest BCUT2D eigenvalue weighted by molar-refractivity contribution is 7.14. The third-order valence-corrected chi connectivity index (χ3v) is 2.46. The molecule has 2 rings (SSSR count). The van der Waals surface area contributed by atoms with E-state index in [0.29, 0.717) is 0 Å². The van der Waals surface area contributed by atoms with Crippen LogP contribution >= 0.6 is 9.39 Å². The number of aromatic nitrogens is 4. The second-order valence-corrected chi connectivity index (χ2v) is 3.50. The van der Waals surface area contributed by atoms with Gasteiger partial charge in [0.2, 0.25) is 0 Å². The van der Waals surface area contributed by atoms with Gasteiger partial charge in [0.1, 0.15) is 0 Å². The van der Waals surface area contributed by atoms with E-state index in [2.05, 4.69) is 30.0 Å². The summed E-state index contributed by atoms with van der Waals surface area (Å²) in [5.74, 6) is 0.762. The van der Waals surface area contributed by atoms with Crippen molar-refractivity contribution in [2.24, 2.45) is 0 Å². The predicted molar refractivity (Wildman–Crippen MR) is 66.0 cm³/mol. The molecule has 5 nitrogen and oxygen atoms in total. The van der Waals surface area contributed by atoms with Crippen molar-refractivity contribution in [3.05, 3.63) is 48.0 Å². The lowest BCUT2D eigenvalue weighted by molar-refractivity contribution is 0.798. The molecule has 0 amide bonds. The number of nitrogens with zero attached hydrogens (tertiary/aromatic N) is 4. The fourth-order valence-electron chi connectivity index (χ4n) is 1.32. The molecule has 1 atom stereocenters. The summed E-state index contributed by atoms with van der Waals surface area (Å²) in [6, 6.07) is 0. The van der Waals surface area contributed by atoms with Crippen LogP contribution in [-0.4, -0.2) is 20.2 Å². The number of hydrogen-bond donors (Lipinski definition) is 1. The van der Waals surface area contributed by atoms with E-state index >= 15 is 0 Å². The van der Waals surface area contributed by atoms with Gasteiger partial charge in [-0.1, -0.05) is 12.2 Å². The summed E-state index contributed by atoms with van der Waals surface area (Å²) in [5.41, 5.74) is 1.95. The summed E-state index contributed by atoms with van der Waals surface area (Å²) in [4.78, 5) is 0. The van der Waals surface area contributed by atoms with Crippen molar-refractivity contribution < 1.29 is 0 Å². The lowest BCUT2D eigenvalue weighted by Crippen LogP contribution is -2.01. The minimum Gasteiger partial charge on any atom is -0.369 e. The summed E-state index contributed by atoms with van der Waals surface area (Å²) in [5, 5.41) is 14.4. The van der Waals surface area contributed by atoms with Crippen LogP contribution in [0.3, 0.4) is 0 Å². The van der Waals surface area contributed by atoms with Gasteiger partial charge in [0.05, 0.1) is 5.70 Å². The molecule has 1 unspecified atom stereocenters. The molecule has 0 aliphatic heterocycles. The number of rotatable bonds is 2. The second-order valence-electron chi connectivity index (χ2n) is 3.21. The maximum Gasteiger partial charge on any atom is 0.153 e. The van der Waals surface area contributed by atoms with E-state index in [4.69, 9.17) is 0 Å². The van der Waals surface area contributed by atoms with Crippen LogP contribution in [0.4, 0.5) is 0 Å². The summed E-state index contributed by atoms with van der Waals surface area (Å²) in [6.07, 6.45) is 11.7. The molecule has 0 radical (unpaired) electrons. The summed E-state index contributed by atoms with van der Waals surface area (Å²) in [7, 11) is 2.46. The fourth-order valence-corrected chi connectivity index (χ4v) is 1.51. The highest BCUT2D eigenvalue weighted by Gasteiger charge is 2.03. The highest BCUT2D eigenvalue weighted by Crippen LogP contribution is 2.10. The fraction of sp³-hybridized carbons (Fsp3) is 0.100. The average Bonchev–Trinajstić information content (AvgIpc) is 2.65. The second kappa shape index (κ2) is 4.86. The normalized spacial score (nSPS) is 25.6. The lowest BCUT2D eigenvalue weighted by atomic mass is 10.2. The molecule has 0 spiro atoms. The largest absolute Gasteiger partial charge is 0.369 e. The van der Waals surface area contributed by atoms with E-state index in [0.717, 1.165) is 17.2 Å². The van der Waals surface area contributed by atoms with Crippen LogP contribution in [0.5, 0.6) is 0 Å². The van der Waals surface area contributed by atoms with Crippen molar-refractivity contribution in [3.63, 3.8) is 0 Å². The molecule has 1 N–H and O–H groups in total. The van der Waals surface area contributed by atoms with Gasteiger partial charge in [-0.05, 0) is 51.0 Å². The van der Waals surface area contributed by atoms with E-state index in [1.54, 1.807) is 4.68 Å². The van der Waals surface area contributed by atoms with Gasteiger partial charge in [-0.25, -0.2) is 0 Å². The van der Waals surface area contributed by atoms with Crippen molar-refractivity contribution in [3.8, 4) is 0 Å². The van der Waals surface area contributed by atoms with Crippen LogP contribution in [0, 0.1) is 6.92 Å². The molecule has 0 saturated heterocycles. The SMILES string of the molecule is Cc1nnnn1C1=C/C=C\C(NP)=C/C=C\1. The molecule has 0 bridgehead atoms. The summed E-state index contributed by atoms with van der Waals surface area (Å²) < 4.78 is 1.69. The third kappa shape index (κ3) is 2.25. The Morgan fingerprint density at radius 2 is 2.06 bits per heavy atom. The van der Waals surface area contributed by atoms with Crippen molar-refractivity contribution in [2.45, 2.75) is 6.92 Å². The number of allylic oxidation sites excluding steroid dienone is 7. The Bertz CT molecular complexity index is 495. The van der Waals surface area contributed by atoms with Crippen molar-refractivity contribution in [2.75, 3.05) is 0 Å². The maximum atomic E-state index is 3.91. The van der Waals surface area contributed by atoms with Crippen molar-refractivity contribution in [1.29, 1.82) is 0 Å². The molecule has 1 aliphatic carbocycles.